The highest BCUT2D eigenvalue weighted by Crippen LogP contribution is 2.42. The zero-order chi connectivity index (χ0) is 30.4. The number of anilines is 2. The summed E-state index contributed by atoms with van der Waals surface area (Å²) in [7, 11) is 0. The maximum Gasteiger partial charge on any atom is 0.306 e. The fourth-order valence-electron chi connectivity index (χ4n) is 5.83. The van der Waals surface area contributed by atoms with Gasteiger partial charge in [-0.1, -0.05) is 74.4 Å². The number of fused-ring (bicyclic) bond motifs is 1. The van der Waals surface area contributed by atoms with Crippen LogP contribution in [0.2, 0.25) is 10.0 Å². The Hall–Kier alpha value is -2.03. The molecule has 1 N–H and O–H groups in total. The third-order valence-electron chi connectivity index (χ3n) is 7.42. The van der Waals surface area contributed by atoms with Gasteiger partial charge >= 0.3 is 5.97 Å². The maximum atomic E-state index is 12.3. The van der Waals surface area contributed by atoms with Gasteiger partial charge in [-0.05, 0) is 77.2 Å². The Morgan fingerprint density at radius 2 is 1.76 bits per heavy atom. The van der Waals surface area contributed by atoms with Gasteiger partial charge in [0.25, 0.3) is 0 Å². The highest BCUT2D eigenvalue weighted by atomic mass is 35.5. The van der Waals surface area contributed by atoms with E-state index in [0.717, 1.165) is 65.9 Å². The van der Waals surface area contributed by atoms with Gasteiger partial charge in [-0.15, -0.1) is 5.10 Å². The first-order valence-electron chi connectivity index (χ1n) is 14.4. The zero-order valence-corrected chi connectivity index (χ0v) is 28.3. The number of nitrogens with zero attached hydrogens (tertiary/aromatic N) is 4. The molecule has 1 aliphatic heterocycles. The monoisotopic (exact) mass is 621 g/mol. The molecule has 0 saturated carbocycles. The summed E-state index contributed by atoms with van der Waals surface area (Å²) in [6, 6.07) is 5.64. The summed E-state index contributed by atoms with van der Waals surface area (Å²) in [5, 5.41) is 10.8. The minimum Gasteiger partial charge on any atom is -0.460 e. The number of imidazole rings is 1. The van der Waals surface area contributed by atoms with Gasteiger partial charge in [0.1, 0.15) is 11.3 Å². The van der Waals surface area contributed by atoms with E-state index in [1.165, 1.54) is 0 Å². The molecule has 226 valence electrons. The van der Waals surface area contributed by atoms with E-state index in [2.05, 4.69) is 51.8 Å². The van der Waals surface area contributed by atoms with Crippen LogP contribution >= 0.6 is 34.5 Å². The predicted octanol–water partition coefficient (Wildman–Crippen LogP) is 9.12. The topological polar surface area (TPSA) is 71.8 Å². The van der Waals surface area contributed by atoms with Gasteiger partial charge in [-0.3, -0.25) is 4.79 Å². The van der Waals surface area contributed by atoms with Gasteiger partial charge in [0.15, 0.2) is 5.82 Å². The van der Waals surface area contributed by atoms with E-state index >= 15 is 0 Å². The van der Waals surface area contributed by atoms with Gasteiger partial charge in [0.05, 0.1) is 10.0 Å². The summed E-state index contributed by atoms with van der Waals surface area (Å²) in [5.41, 5.74) is 1.09. The first kappa shape index (κ1) is 31.9. The van der Waals surface area contributed by atoms with Gasteiger partial charge < -0.3 is 15.0 Å². The molecule has 0 unspecified atom stereocenters. The number of rotatable bonds is 8. The molecule has 41 heavy (non-hydrogen) atoms. The molecule has 4 rings (SSSR count). The van der Waals surface area contributed by atoms with Crippen LogP contribution in [0, 0.1) is 10.8 Å². The number of carbonyl (C=O) groups is 1. The maximum absolute atomic E-state index is 12.3. The summed E-state index contributed by atoms with van der Waals surface area (Å²) < 4.78 is 7.45. The predicted molar refractivity (Wildman–Crippen MR) is 173 cm³/mol. The Balaban J connectivity index is 1.58. The molecular weight excluding hydrogens is 577 g/mol. The first-order valence-corrected chi connectivity index (χ1v) is 16.0. The number of halogens is 2. The van der Waals surface area contributed by atoms with Crippen LogP contribution in [0.25, 0.3) is 16.2 Å². The molecule has 3 aromatic rings. The fourth-order valence-corrected chi connectivity index (χ4v) is 7.17. The summed E-state index contributed by atoms with van der Waals surface area (Å²) in [6.07, 6.45) is 4.21. The van der Waals surface area contributed by atoms with Crippen LogP contribution in [0.3, 0.4) is 0 Å². The fraction of sp³-hybridized carbons (Fsp3) is 0.645. The number of carbonyl (C=O) groups excluding carboxylic acids is 1. The molecule has 3 heterocycles. The highest BCUT2D eigenvalue weighted by Gasteiger charge is 2.34. The number of benzene rings is 1. The van der Waals surface area contributed by atoms with E-state index < -0.39 is 5.60 Å². The summed E-state index contributed by atoms with van der Waals surface area (Å²) >= 11 is 14.6. The van der Waals surface area contributed by atoms with Crippen LogP contribution in [0.4, 0.5) is 10.9 Å². The lowest BCUT2D eigenvalue weighted by Gasteiger charge is -2.39. The number of piperidine rings is 1. The molecule has 1 saturated heterocycles. The number of ether oxygens (including phenoxy) is 1. The molecular formula is C31H45Cl2N5O2S. The number of esters is 1. The van der Waals surface area contributed by atoms with Crippen LogP contribution in [0.5, 0.6) is 0 Å². The molecule has 0 amide bonds. The normalized spacial score (nSPS) is 16.3. The summed E-state index contributed by atoms with van der Waals surface area (Å²) in [6.45, 7) is 20.9. The number of nitrogens with one attached hydrogen (secondary N) is 1. The Labute approximate surface area is 259 Å². The first-order chi connectivity index (χ1) is 18.8. The van der Waals surface area contributed by atoms with Crippen LogP contribution in [-0.2, 0) is 9.53 Å². The largest absolute Gasteiger partial charge is 0.460 e. The van der Waals surface area contributed by atoms with E-state index in [9.17, 15) is 4.79 Å². The van der Waals surface area contributed by atoms with E-state index in [4.69, 9.17) is 38.0 Å². The molecule has 7 nitrogen and oxygen atoms in total. The minimum absolute atomic E-state index is 0.102. The molecule has 1 aliphatic rings. The molecule has 0 spiro atoms. The van der Waals surface area contributed by atoms with Crippen molar-refractivity contribution in [1.82, 2.24) is 14.6 Å². The number of aromatic nitrogens is 3. The molecule has 1 fully saturated rings. The van der Waals surface area contributed by atoms with Crippen molar-refractivity contribution in [3.05, 3.63) is 28.2 Å². The molecule has 2 aromatic heterocycles. The van der Waals surface area contributed by atoms with Gasteiger partial charge in [0.2, 0.25) is 10.1 Å². The van der Waals surface area contributed by atoms with Crippen molar-refractivity contribution in [3.8, 4) is 11.3 Å². The van der Waals surface area contributed by atoms with Crippen molar-refractivity contribution >= 4 is 56.4 Å². The van der Waals surface area contributed by atoms with Crippen molar-refractivity contribution < 1.29 is 9.53 Å². The molecule has 1 aromatic carbocycles. The second kappa shape index (κ2) is 11.6. The van der Waals surface area contributed by atoms with E-state index in [1.807, 2.05) is 37.4 Å². The average Bonchev–Trinajstić information content (AvgIpc) is 3.36. The lowest BCUT2D eigenvalue weighted by molar-refractivity contribution is -0.155. The molecule has 10 heteroatoms. The van der Waals surface area contributed by atoms with Crippen molar-refractivity contribution in [2.45, 2.75) is 106 Å². The Kier molecular flexibility index (Phi) is 9.00. The average molecular weight is 623 g/mol. The third kappa shape index (κ3) is 8.08. The SMILES string of the molecule is CC(C)(C)CC(C)(C)Nc1c(-c2cccc(Cl)c2Cl)nc2sc(N3CCC(C)(CCC(=O)OC(C)(C)C)CC3)nn12. The molecule has 0 atom stereocenters. The van der Waals surface area contributed by atoms with Gasteiger partial charge in [-0.2, -0.15) is 4.52 Å². The van der Waals surface area contributed by atoms with E-state index in [-0.39, 0.29) is 22.3 Å². The van der Waals surface area contributed by atoms with Crippen molar-refractivity contribution in [1.29, 1.82) is 0 Å². The lowest BCUT2D eigenvalue weighted by Crippen LogP contribution is -2.39. The van der Waals surface area contributed by atoms with Gasteiger partial charge in [-0.25, -0.2) is 4.98 Å². The third-order valence-corrected chi connectivity index (χ3v) is 9.21. The van der Waals surface area contributed by atoms with Crippen molar-refractivity contribution in [2.24, 2.45) is 10.8 Å². The van der Waals surface area contributed by atoms with E-state index in [1.54, 1.807) is 17.4 Å². The van der Waals surface area contributed by atoms with Crippen LogP contribution in [-0.4, -0.2) is 44.8 Å². The molecule has 0 aliphatic carbocycles. The minimum atomic E-state index is -0.447. The summed E-state index contributed by atoms with van der Waals surface area (Å²) in [5.74, 6) is 0.701. The van der Waals surface area contributed by atoms with E-state index in [0.29, 0.717) is 16.5 Å². The van der Waals surface area contributed by atoms with Crippen molar-refractivity contribution in [3.63, 3.8) is 0 Å². The second-order valence-corrected chi connectivity index (χ2v) is 16.3. The van der Waals surface area contributed by atoms with Gasteiger partial charge in [0, 0.05) is 30.6 Å². The lowest BCUT2D eigenvalue weighted by atomic mass is 9.77. The molecule has 0 bridgehead atoms. The summed E-state index contributed by atoms with van der Waals surface area (Å²) in [4.78, 5) is 20.5. The standard InChI is InChI=1S/C31H45Cl2N5O2S/c1-28(2,3)19-30(7,8)35-25-24(20-11-10-12-21(32)23(20)33)34-26-38(25)36-27(41-26)37-17-15-31(9,16-18-37)14-13-22(39)40-29(4,5)6/h10-12,35H,13-19H2,1-9H3. The number of hydrogen-bond donors (Lipinski definition) is 1. The zero-order valence-electron chi connectivity index (χ0n) is 26.0. The van der Waals surface area contributed by atoms with Crippen molar-refractivity contribution in [2.75, 3.05) is 23.3 Å². The Morgan fingerprint density at radius 3 is 2.37 bits per heavy atom. The molecule has 0 radical (unpaired) electrons. The van der Waals surface area contributed by atoms with Crippen LogP contribution in [0.15, 0.2) is 18.2 Å². The quantitative estimate of drug-likeness (QED) is 0.253. The second-order valence-electron chi connectivity index (χ2n) is 14.6. The Morgan fingerprint density at radius 1 is 1.10 bits per heavy atom. The highest BCUT2D eigenvalue weighted by molar-refractivity contribution is 7.20. The van der Waals surface area contributed by atoms with Crippen LogP contribution in [0.1, 0.15) is 94.4 Å². The Bertz CT molecular complexity index is 1390. The van der Waals surface area contributed by atoms with Crippen LogP contribution < -0.4 is 10.2 Å². The smallest absolute Gasteiger partial charge is 0.306 e. The number of hydrogen-bond acceptors (Lipinski definition) is 7.